The first-order valence-electron chi connectivity index (χ1n) is 9.01. The zero-order valence-corrected chi connectivity index (χ0v) is 18.7. The van der Waals surface area contributed by atoms with Crippen LogP contribution in [0.5, 0.6) is 5.88 Å². The Morgan fingerprint density at radius 2 is 1.78 bits per heavy atom. The van der Waals surface area contributed by atoms with Gasteiger partial charge in [-0.1, -0.05) is 18.2 Å². The number of azo groups is 1. The van der Waals surface area contributed by atoms with E-state index in [1.54, 1.807) is 25.1 Å². The number of imide groups is 1. The number of fused-ring (bicyclic) bond motifs is 1. The number of nitrogens with two attached hydrogens (primary N) is 1. The second kappa shape index (κ2) is 9.26. The fraction of sp³-hybridized carbons (Fsp3) is 0.200. The van der Waals surface area contributed by atoms with Crippen LogP contribution in [0.2, 0.25) is 0 Å². The normalized spacial score (nSPS) is 13.1. The third-order valence-electron chi connectivity index (χ3n) is 4.85. The van der Waals surface area contributed by atoms with E-state index in [9.17, 15) is 24.3 Å². The van der Waals surface area contributed by atoms with E-state index in [4.69, 9.17) is 5.84 Å². The van der Waals surface area contributed by atoms with Crippen LogP contribution in [0.25, 0.3) is 6.08 Å². The molecule has 0 saturated heterocycles. The quantitative estimate of drug-likeness (QED) is 0.169. The largest absolute Gasteiger partial charge is 2.00 e. The molecule has 11 nitrogen and oxygen atoms in total. The van der Waals surface area contributed by atoms with Gasteiger partial charge in [0.2, 0.25) is 5.88 Å². The molecule has 32 heavy (non-hydrogen) atoms. The van der Waals surface area contributed by atoms with Crippen LogP contribution in [0.1, 0.15) is 49.1 Å². The van der Waals surface area contributed by atoms with Crippen LogP contribution in [-0.2, 0) is 28.9 Å². The summed E-state index contributed by atoms with van der Waals surface area (Å²) in [6.45, 7) is 3.15. The van der Waals surface area contributed by atoms with Crippen molar-refractivity contribution in [2.24, 2.45) is 23.1 Å². The molecule has 3 N–H and O–H groups in total. The Morgan fingerprint density at radius 3 is 2.38 bits per heavy atom. The maximum atomic E-state index is 12.6. The van der Waals surface area contributed by atoms with Crippen molar-refractivity contribution in [3.8, 4) is 5.88 Å². The number of hydrogen-bond acceptors (Lipinski definition) is 9. The summed E-state index contributed by atoms with van der Waals surface area (Å²) < 4.78 is 5.47. The third-order valence-corrected chi connectivity index (χ3v) is 4.85. The number of aromatic nitrogens is 1. The Kier molecular flexibility index (Phi) is 7.14. The maximum Gasteiger partial charge on any atom is 2.00 e. The molecule has 1 aromatic carbocycles. The standard InChI is InChI=1S/C20H19N5O6.Mn/c1-5-6-10-7-8-11(14-13(10)17(27)25(21)18(14)28)22-23-15-9(2)12(20(30)31-4)16(26)24(3)19(15)29;/h5-8,26H,21H2,1-4H3;/q;+2/b6-5+,23-22?;. The van der Waals surface area contributed by atoms with E-state index in [-0.39, 0.29) is 50.7 Å². The molecular weight excluding hydrogens is 461 g/mol. The number of carbonyl (C=O) groups excluding carboxylic acids is 3. The molecule has 2 amide bonds. The van der Waals surface area contributed by atoms with Gasteiger partial charge in [0.05, 0.1) is 23.9 Å². The summed E-state index contributed by atoms with van der Waals surface area (Å²) in [5.74, 6) is 2.69. The summed E-state index contributed by atoms with van der Waals surface area (Å²) in [5.41, 5.74) is -0.644. The van der Waals surface area contributed by atoms with E-state index in [1.807, 2.05) is 0 Å². The van der Waals surface area contributed by atoms with Gasteiger partial charge in [0.15, 0.2) is 5.69 Å². The SMILES string of the molecule is C/C=C/c1ccc(N=Nc2c(C)c(C(=O)OC)c(O)n(C)c2=O)c2c1C(=O)N(N)C2=O.[Mn+2]. The van der Waals surface area contributed by atoms with E-state index >= 15 is 0 Å². The van der Waals surface area contributed by atoms with Crippen molar-refractivity contribution in [2.45, 2.75) is 13.8 Å². The second-order valence-electron chi connectivity index (χ2n) is 6.63. The average Bonchev–Trinajstić information content (AvgIpc) is 2.98. The van der Waals surface area contributed by atoms with Crippen LogP contribution < -0.4 is 11.4 Å². The van der Waals surface area contributed by atoms with Gasteiger partial charge in [-0.3, -0.25) is 19.0 Å². The minimum absolute atomic E-state index is 0. The molecule has 3 rings (SSSR count). The summed E-state index contributed by atoms with van der Waals surface area (Å²) >= 11 is 0. The van der Waals surface area contributed by atoms with Crippen LogP contribution in [0.3, 0.4) is 0 Å². The number of carbonyl (C=O) groups is 3. The Morgan fingerprint density at radius 1 is 1.16 bits per heavy atom. The van der Waals surface area contributed by atoms with Gasteiger partial charge < -0.3 is 9.84 Å². The molecule has 1 aromatic heterocycles. The van der Waals surface area contributed by atoms with Gasteiger partial charge >= 0.3 is 23.0 Å². The van der Waals surface area contributed by atoms with Crippen molar-refractivity contribution in [3.05, 3.63) is 56.4 Å². The van der Waals surface area contributed by atoms with Crippen LogP contribution >= 0.6 is 0 Å². The monoisotopic (exact) mass is 480 g/mol. The summed E-state index contributed by atoms with van der Waals surface area (Å²) in [4.78, 5) is 49.5. The molecule has 1 aliphatic heterocycles. The Balaban J connectivity index is 0.00000363. The van der Waals surface area contributed by atoms with Crippen molar-refractivity contribution >= 4 is 35.2 Å². The Hall–Kier alpha value is -3.60. The number of benzene rings is 1. The summed E-state index contributed by atoms with van der Waals surface area (Å²) in [5, 5.41) is 18.5. The first-order valence-corrected chi connectivity index (χ1v) is 9.01. The number of nitrogens with zero attached hydrogens (tertiary/aromatic N) is 4. The van der Waals surface area contributed by atoms with Crippen molar-refractivity contribution in [3.63, 3.8) is 0 Å². The minimum Gasteiger partial charge on any atom is -0.494 e. The van der Waals surface area contributed by atoms with Crippen LogP contribution in [0.15, 0.2) is 33.2 Å². The molecule has 0 saturated carbocycles. The number of aromatic hydroxyl groups is 1. The molecule has 2 heterocycles. The van der Waals surface area contributed by atoms with Crippen molar-refractivity contribution in [2.75, 3.05) is 7.11 Å². The molecule has 0 unspecified atom stereocenters. The second-order valence-corrected chi connectivity index (χ2v) is 6.63. The maximum absolute atomic E-state index is 12.6. The topological polar surface area (TPSA) is 157 Å². The van der Waals surface area contributed by atoms with Crippen LogP contribution in [0, 0.1) is 6.92 Å². The minimum atomic E-state index is -0.863. The van der Waals surface area contributed by atoms with Gasteiger partial charge in [-0.25, -0.2) is 15.6 Å². The number of rotatable bonds is 4. The molecule has 0 fully saturated rings. The van der Waals surface area contributed by atoms with Crippen molar-refractivity contribution in [1.29, 1.82) is 0 Å². The van der Waals surface area contributed by atoms with E-state index in [1.165, 1.54) is 20.0 Å². The van der Waals surface area contributed by atoms with Crippen molar-refractivity contribution in [1.82, 2.24) is 9.58 Å². The molecule has 12 heteroatoms. The smallest absolute Gasteiger partial charge is 0.494 e. The predicted molar refractivity (Wildman–Crippen MR) is 109 cm³/mol. The summed E-state index contributed by atoms with van der Waals surface area (Å²) in [6.07, 6.45) is 3.35. The van der Waals surface area contributed by atoms with E-state index < -0.39 is 29.2 Å². The zero-order chi connectivity index (χ0) is 23.0. The van der Waals surface area contributed by atoms with Gasteiger partial charge in [0.1, 0.15) is 5.56 Å². The Labute approximate surface area is 192 Å². The Bertz CT molecular complexity index is 1260. The fourth-order valence-corrected chi connectivity index (χ4v) is 3.23. The molecule has 0 spiro atoms. The predicted octanol–water partition coefficient (Wildman–Crippen LogP) is 2.10. The number of esters is 1. The van der Waals surface area contributed by atoms with Gasteiger partial charge in [-0.2, -0.15) is 0 Å². The van der Waals surface area contributed by atoms with E-state index in [0.29, 0.717) is 10.6 Å². The number of methoxy groups -OCH3 is 1. The van der Waals surface area contributed by atoms with Crippen molar-refractivity contribution < 1.29 is 41.3 Å². The number of ether oxygens (including phenoxy) is 1. The molecule has 1 radical (unpaired) electrons. The van der Waals surface area contributed by atoms with Gasteiger partial charge in [-0.15, -0.1) is 10.2 Å². The van der Waals surface area contributed by atoms with E-state index in [0.717, 1.165) is 11.7 Å². The average molecular weight is 480 g/mol. The number of hydrogen-bond donors (Lipinski definition) is 2. The number of amides is 2. The van der Waals surface area contributed by atoms with E-state index in [2.05, 4.69) is 15.0 Å². The molecule has 0 bridgehead atoms. The molecule has 2 aromatic rings. The molecule has 0 atom stereocenters. The summed E-state index contributed by atoms with van der Waals surface area (Å²) in [6, 6.07) is 3.03. The van der Waals surface area contributed by atoms with Crippen LogP contribution in [0.4, 0.5) is 11.4 Å². The number of hydrazine groups is 1. The molecule has 1 aliphatic rings. The van der Waals surface area contributed by atoms with Crippen LogP contribution in [-0.4, -0.2) is 39.6 Å². The van der Waals surface area contributed by atoms with Gasteiger partial charge in [-0.05, 0) is 25.5 Å². The molecule has 0 aliphatic carbocycles. The number of pyridine rings is 1. The molecular formula is C20H19MnN5O6+2. The molecule has 165 valence electrons. The fourth-order valence-electron chi connectivity index (χ4n) is 3.23. The first kappa shape index (κ1) is 24.7. The first-order chi connectivity index (χ1) is 14.6. The summed E-state index contributed by atoms with van der Waals surface area (Å²) in [7, 11) is 2.38. The number of allylic oxidation sites excluding steroid dienone is 1. The van der Waals surface area contributed by atoms with Gasteiger partial charge in [0.25, 0.3) is 17.4 Å². The van der Waals surface area contributed by atoms with Gasteiger partial charge in [0, 0.05) is 12.6 Å². The third kappa shape index (κ3) is 3.75. The zero-order valence-electron chi connectivity index (χ0n) is 17.5.